The van der Waals surface area contributed by atoms with E-state index in [0.717, 1.165) is 24.0 Å². The van der Waals surface area contributed by atoms with E-state index in [1.807, 2.05) is 37.5 Å². The van der Waals surface area contributed by atoms with Crippen molar-refractivity contribution >= 4 is 24.1 Å². The molecule has 0 saturated carbocycles. The molecule has 0 aromatic heterocycles. The number of benzene rings is 2. The minimum Gasteiger partial charge on any atom is -0.372 e. The van der Waals surface area contributed by atoms with E-state index >= 15 is 0 Å². The van der Waals surface area contributed by atoms with Gasteiger partial charge in [0.25, 0.3) is 0 Å². The van der Waals surface area contributed by atoms with E-state index in [2.05, 4.69) is 54.1 Å². The van der Waals surface area contributed by atoms with Gasteiger partial charge in [-0.2, -0.15) is 0 Å². The lowest BCUT2D eigenvalue weighted by Crippen LogP contribution is -2.22. The van der Waals surface area contributed by atoms with Crippen molar-refractivity contribution in [3.63, 3.8) is 0 Å². The van der Waals surface area contributed by atoms with Crippen LogP contribution in [0.2, 0.25) is 0 Å². The van der Waals surface area contributed by atoms with Crippen LogP contribution >= 0.6 is 0 Å². The Kier molecular flexibility index (Phi) is 6.54. The van der Waals surface area contributed by atoms with Gasteiger partial charge in [0.15, 0.2) is 5.78 Å². The smallest absolute Gasteiger partial charge is 0.185 e. The Morgan fingerprint density at radius 3 is 2.81 bits per heavy atom. The molecule has 1 atom stereocenters. The molecule has 3 nitrogen and oxygen atoms in total. The summed E-state index contributed by atoms with van der Waals surface area (Å²) >= 11 is 0. The Hall–Kier alpha value is -3.30. The highest BCUT2D eigenvalue weighted by Gasteiger charge is 2.19. The van der Waals surface area contributed by atoms with Gasteiger partial charge in [-0.15, -0.1) is 0 Å². The van der Waals surface area contributed by atoms with Crippen molar-refractivity contribution in [1.29, 1.82) is 0 Å². The predicted octanol–water partition coefficient (Wildman–Crippen LogP) is 4.45. The molecule has 0 spiro atoms. The van der Waals surface area contributed by atoms with Crippen molar-refractivity contribution in [1.82, 2.24) is 0 Å². The number of hydrogen-bond donors (Lipinski definition) is 0. The Morgan fingerprint density at radius 2 is 1.97 bits per heavy atom. The highest BCUT2D eigenvalue weighted by molar-refractivity contribution is 6.06. The molecule has 1 heterocycles. The topological polar surface area (TPSA) is 38.7 Å². The molecule has 31 heavy (non-hydrogen) atoms. The number of rotatable bonds is 8. The highest BCUT2D eigenvalue weighted by Crippen LogP contribution is 2.26. The summed E-state index contributed by atoms with van der Waals surface area (Å²) in [6.07, 6.45) is 13.9. The van der Waals surface area contributed by atoms with Crippen LogP contribution in [-0.4, -0.2) is 18.6 Å². The molecule has 2 aromatic carbocycles. The van der Waals surface area contributed by atoms with Crippen LogP contribution in [0.1, 0.15) is 34.3 Å². The lowest BCUT2D eigenvalue weighted by atomic mass is 9.93. The lowest BCUT2D eigenvalue weighted by molar-refractivity contribution is 0.103. The zero-order chi connectivity index (χ0) is 21.6. The maximum atomic E-state index is 12.2. The van der Waals surface area contributed by atoms with Crippen molar-refractivity contribution < 1.29 is 9.53 Å². The SMILES string of the molecule is C=CC(=O)c1c(C)cccc1COCC1=CN=CC1CC1=CC=c2ccccc2=CC1. The lowest BCUT2D eigenvalue weighted by Gasteiger charge is -2.15. The minimum atomic E-state index is -0.0632. The molecule has 0 saturated heterocycles. The molecular formula is C28H27NO2. The average molecular weight is 410 g/mol. The van der Waals surface area contributed by atoms with Crippen LogP contribution in [0, 0.1) is 12.8 Å². The number of aliphatic imine (C=N–C) groups is 1. The third kappa shape index (κ3) is 4.89. The fraction of sp³-hybridized carbons (Fsp3) is 0.214. The Bertz CT molecular complexity index is 1210. The second-order valence-electron chi connectivity index (χ2n) is 8.01. The van der Waals surface area contributed by atoms with Gasteiger partial charge in [0, 0.05) is 23.9 Å². The van der Waals surface area contributed by atoms with Crippen molar-refractivity contribution in [2.45, 2.75) is 26.4 Å². The van der Waals surface area contributed by atoms with E-state index in [0.29, 0.717) is 18.8 Å². The van der Waals surface area contributed by atoms with Crippen LogP contribution in [0.3, 0.4) is 0 Å². The molecule has 0 fully saturated rings. The zero-order valence-corrected chi connectivity index (χ0v) is 17.9. The average Bonchev–Trinajstić information content (AvgIpc) is 3.11. The molecule has 0 radical (unpaired) electrons. The van der Waals surface area contributed by atoms with E-state index in [1.54, 1.807) is 0 Å². The van der Waals surface area contributed by atoms with Gasteiger partial charge >= 0.3 is 0 Å². The van der Waals surface area contributed by atoms with Crippen LogP contribution in [0.5, 0.6) is 0 Å². The second-order valence-corrected chi connectivity index (χ2v) is 8.01. The summed E-state index contributed by atoms with van der Waals surface area (Å²) in [7, 11) is 0. The molecule has 0 bridgehead atoms. The summed E-state index contributed by atoms with van der Waals surface area (Å²) in [4.78, 5) is 16.6. The molecule has 0 N–H and O–H groups in total. The van der Waals surface area contributed by atoms with Gasteiger partial charge < -0.3 is 4.74 Å². The summed E-state index contributed by atoms with van der Waals surface area (Å²) in [5, 5.41) is 2.55. The van der Waals surface area contributed by atoms with Crippen LogP contribution in [-0.2, 0) is 11.3 Å². The number of allylic oxidation sites excluding steroid dienone is 3. The number of ether oxygens (including phenoxy) is 1. The normalized spacial score (nSPS) is 17.0. The molecule has 2 aliphatic rings. The number of carbonyl (C=O) groups is 1. The number of nitrogens with zero attached hydrogens (tertiary/aromatic N) is 1. The summed E-state index contributed by atoms with van der Waals surface area (Å²) in [6, 6.07) is 14.3. The molecule has 3 heteroatoms. The largest absolute Gasteiger partial charge is 0.372 e. The number of fused-ring (bicyclic) bond motifs is 1. The van der Waals surface area contributed by atoms with Crippen LogP contribution < -0.4 is 10.4 Å². The molecule has 1 aliphatic carbocycles. The fourth-order valence-corrected chi connectivity index (χ4v) is 4.14. The van der Waals surface area contributed by atoms with E-state index in [9.17, 15) is 4.79 Å². The quantitative estimate of drug-likeness (QED) is 0.477. The van der Waals surface area contributed by atoms with E-state index in [-0.39, 0.29) is 11.7 Å². The Morgan fingerprint density at radius 1 is 1.13 bits per heavy atom. The van der Waals surface area contributed by atoms with Crippen LogP contribution in [0.15, 0.2) is 83.5 Å². The van der Waals surface area contributed by atoms with E-state index < -0.39 is 0 Å². The van der Waals surface area contributed by atoms with Crippen LogP contribution in [0.4, 0.5) is 0 Å². The molecular weight excluding hydrogens is 382 g/mol. The summed E-state index contributed by atoms with van der Waals surface area (Å²) in [5.74, 6) is 0.188. The van der Waals surface area contributed by atoms with Gasteiger partial charge in [0.2, 0.25) is 0 Å². The standard InChI is InChI=1S/C28H27NO2/c1-3-27(30)28-20(2)7-6-10-24(28)18-31-19-26-17-29-16-25(26)15-21-11-13-22-8-4-5-9-23(22)14-12-21/h3-11,13-14,16-17,25H,1,12,15,18-19H2,2H3. The van der Waals surface area contributed by atoms with E-state index in [1.165, 1.54) is 27.7 Å². The van der Waals surface area contributed by atoms with Gasteiger partial charge in [-0.3, -0.25) is 9.79 Å². The molecule has 0 amide bonds. The van der Waals surface area contributed by atoms with Crippen molar-refractivity contribution in [3.05, 3.63) is 106 Å². The van der Waals surface area contributed by atoms with Gasteiger partial charge in [-0.05, 0) is 53.0 Å². The maximum Gasteiger partial charge on any atom is 0.185 e. The van der Waals surface area contributed by atoms with E-state index in [4.69, 9.17) is 4.74 Å². The fourth-order valence-electron chi connectivity index (χ4n) is 4.14. The summed E-state index contributed by atoms with van der Waals surface area (Å²) < 4.78 is 6.02. The summed E-state index contributed by atoms with van der Waals surface area (Å²) in [6.45, 7) is 6.45. The first-order valence-electron chi connectivity index (χ1n) is 10.7. The van der Waals surface area contributed by atoms with Crippen molar-refractivity contribution in [2.24, 2.45) is 10.9 Å². The summed E-state index contributed by atoms with van der Waals surface area (Å²) in [5.41, 5.74) is 5.10. The molecule has 4 rings (SSSR count). The first kappa shape index (κ1) is 21.0. The first-order valence-corrected chi connectivity index (χ1v) is 10.7. The molecule has 1 aliphatic heterocycles. The maximum absolute atomic E-state index is 12.2. The second kappa shape index (κ2) is 9.67. The molecule has 2 aromatic rings. The number of carbonyl (C=O) groups excluding carboxylic acids is 1. The van der Waals surface area contributed by atoms with Gasteiger partial charge in [0.05, 0.1) is 13.2 Å². The van der Waals surface area contributed by atoms with Gasteiger partial charge in [-0.1, -0.05) is 72.8 Å². The van der Waals surface area contributed by atoms with Gasteiger partial charge in [-0.25, -0.2) is 0 Å². The minimum absolute atomic E-state index is 0.0632. The first-order chi connectivity index (χ1) is 15.2. The van der Waals surface area contributed by atoms with Crippen molar-refractivity contribution in [3.8, 4) is 0 Å². The molecule has 156 valence electrons. The van der Waals surface area contributed by atoms with Gasteiger partial charge in [0.1, 0.15) is 0 Å². The monoisotopic (exact) mass is 409 g/mol. The highest BCUT2D eigenvalue weighted by atomic mass is 16.5. The number of hydrogen-bond acceptors (Lipinski definition) is 3. The predicted molar refractivity (Wildman–Crippen MR) is 127 cm³/mol. The third-order valence-corrected chi connectivity index (χ3v) is 5.86. The zero-order valence-electron chi connectivity index (χ0n) is 17.9. The number of ketones is 1. The number of aryl methyl sites for hydroxylation is 1. The third-order valence-electron chi connectivity index (χ3n) is 5.86. The molecule has 1 unspecified atom stereocenters. The Balaban J connectivity index is 1.38. The Labute approximate surface area is 183 Å². The van der Waals surface area contributed by atoms with Crippen LogP contribution in [0.25, 0.3) is 12.2 Å². The van der Waals surface area contributed by atoms with Crippen molar-refractivity contribution in [2.75, 3.05) is 6.61 Å².